The van der Waals surface area contributed by atoms with Crippen molar-refractivity contribution in [3.8, 4) is 5.88 Å². The van der Waals surface area contributed by atoms with Crippen LogP contribution in [0.5, 0.6) is 5.88 Å². The quantitative estimate of drug-likeness (QED) is 0.528. The van der Waals surface area contributed by atoms with Crippen LogP contribution in [-0.4, -0.2) is 38.3 Å². The number of ether oxygens (including phenoxy) is 1. The Balaban J connectivity index is 1.07. The number of primary amides is 1. The molecule has 35 heavy (non-hydrogen) atoms. The van der Waals surface area contributed by atoms with Gasteiger partial charge in [-0.1, -0.05) is 6.07 Å². The van der Waals surface area contributed by atoms with Gasteiger partial charge >= 0.3 is 6.18 Å². The third-order valence-corrected chi connectivity index (χ3v) is 8.29. The molecule has 3 heterocycles. The largest absolute Gasteiger partial charge is 0.473 e. The molecule has 3 aliphatic rings. The number of aromatic nitrogens is 3. The Kier molecular flexibility index (Phi) is 4.89. The van der Waals surface area contributed by atoms with Crippen LogP contribution in [0.25, 0.3) is 5.52 Å². The van der Waals surface area contributed by atoms with Crippen LogP contribution in [0.1, 0.15) is 75.4 Å². The molecule has 3 aromatic rings. The summed E-state index contributed by atoms with van der Waals surface area (Å²) in [4.78, 5) is 33.0. The number of carbonyl (C=O) groups is 2. The van der Waals surface area contributed by atoms with Crippen molar-refractivity contribution in [3.05, 3.63) is 45.8 Å². The van der Waals surface area contributed by atoms with Crippen molar-refractivity contribution < 1.29 is 27.5 Å². The van der Waals surface area contributed by atoms with Crippen LogP contribution in [0, 0.1) is 5.41 Å². The van der Waals surface area contributed by atoms with E-state index in [0.29, 0.717) is 29.5 Å². The molecular weight excluding hydrogens is 483 g/mol. The Labute approximate surface area is 201 Å². The van der Waals surface area contributed by atoms with E-state index in [1.54, 1.807) is 6.07 Å². The van der Waals surface area contributed by atoms with Gasteiger partial charge in [-0.2, -0.15) is 13.2 Å². The van der Waals surface area contributed by atoms with Gasteiger partial charge in [0.15, 0.2) is 10.6 Å². The fourth-order valence-electron chi connectivity index (χ4n) is 5.29. The van der Waals surface area contributed by atoms with Gasteiger partial charge in [-0.15, -0.1) is 11.3 Å². The summed E-state index contributed by atoms with van der Waals surface area (Å²) < 4.78 is 46.9. The molecule has 0 saturated heterocycles. The number of halogens is 3. The van der Waals surface area contributed by atoms with Crippen LogP contribution < -0.4 is 15.8 Å². The van der Waals surface area contributed by atoms with Crippen molar-refractivity contribution in [1.82, 2.24) is 19.7 Å². The van der Waals surface area contributed by atoms with Crippen LogP contribution in [0.4, 0.5) is 13.2 Å². The van der Waals surface area contributed by atoms with E-state index in [9.17, 15) is 22.8 Å². The Morgan fingerprint density at radius 1 is 1.17 bits per heavy atom. The summed E-state index contributed by atoms with van der Waals surface area (Å²) in [6.07, 6.45) is 1.58. The van der Waals surface area contributed by atoms with Crippen molar-refractivity contribution in [2.24, 2.45) is 11.1 Å². The number of nitrogens with one attached hydrogen (secondary N) is 1. The maximum Gasteiger partial charge on any atom is 0.450 e. The number of pyridine rings is 1. The van der Waals surface area contributed by atoms with Crippen molar-refractivity contribution in [3.63, 3.8) is 0 Å². The van der Waals surface area contributed by atoms with Gasteiger partial charge in [0, 0.05) is 18.2 Å². The third-order valence-electron chi connectivity index (χ3n) is 7.07. The van der Waals surface area contributed by atoms with Crippen molar-refractivity contribution in [2.75, 3.05) is 0 Å². The van der Waals surface area contributed by atoms with Crippen molar-refractivity contribution >= 4 is 28.7 Å². The number of nitrogens with zero attached hydrogens (tertiary/aromatic N) is 3. The lowest BCUT2D eigenvalue weighted by atomic mass is 9.53. The van der Waals surface area contributed by atoms with Gasteiger partial charge in [0.1, 0.15) is 11.1 Å². The summed E-state index contributed by atoms with van der Waals surface area (Å²) in [6, 6.07) is 4.34. The van der Waals surface area contributed by atoms with E-state index < -0.39 is 23.8 Å². The monoisotopic (exact) mass is 505 g/mol. The van der Waals surface area contributed by atoms with E-state index in [1.807, 2.05) is 0 Å². The molecule has 3 aromatic heterocycles. The minimum Gasteiger partial charge on any atom is -0.473 e. The fraction of sp³-hybridized carbons (Fsp3) is 0.478. The molecule has 8 nitrogen and oxygen atoms in total. The maximum absolute atomic E-state index is 13.3. The first-order chi connectivity index (χ1) is 16.6. The van der Waals surface area contributed by atoms with Gasteiger partial charge in [-0.25, -0.2) is 9.97 Å². The number of fused-ring (bicyclic) bond motifs is 1. The molecule has 3 N–H and O–H groups in total. The van der Waals surface area contributed by atoms with E-state index in [0.717, 1.165) is 35.1 Å². The lowest BCUT2D eigenvalue weighted by Gasteiger charge is -2.57. The molecule has 3 fully saturated rings. The van der Waals surface area contributed by atoms with Gasteiger partial charge in [-0.3, -0.25) is 14.0 Å². The van der Waals surface area contributed by atoms with Gasteiger partial charge in [0.25, 0.3) is 11.8 Å². The molecule has 0 atom stereocenters. The number of carbonyl (C=O) groups excluding carboxylic acids is 2. The molecule has 0 aromatic carbocycles. The number of thiazole rings is 1. The Morgan fingerprint density at radius 2 is 1.91 bits per heavy atom. The van der Waals surface area contributed by atoms with Gasteiger partial charge in [0.2, 0.25) is 11.7 Å². The standard InChI is InChI=1S/C23H22F3N5O3S/c24-23(25,26)21-29-15(14-3-1-2-6-31(14)21)18(33)28-12-7-22(8-12)9-13(10-22)34-19-16(17(27)32)35-20(30-19)11-4-5-11/h1-3,6,11-13H,4-5,7-10H2,(H2,27,32)(H,28,33)/t12-,13-,22?. The zero-order chi connectivity index (χ0) is 24.5. The normalized spacial score (nSPS) is 25.8. The third kappa shape index (κ3) is 3.93. The Hall–Kier alpha value is -3.15. The average Bonchev–Trinajstić information content (AvgIpc) is 3.37. The van der Waals surface area contributed by atoms with Crippen LogP contribution in [-0.2, 0) is 6.18 Å². The summed E-state index contributed by atoms with van der Waals surface area (Å²) in [5, 5.41) is 3.73. The summed E-state index contributed by atoms with van der Waals surface area (Å²) in [7, 11) is 0. The zero-order valence-corrected chi connectivity index (χ0v) is 19.3. The van der Waals surface area contributed by atoms with Gasteiger partial charge < -0.3 is 15.8 Å². The van der Waals surface area contributed by atoms with Gasteiger partial charge in [-0.05, 0) is 56.1 Å². The maximum atomic E-state index is 13.3. The van der Waals surface area contributed by atoms with Crippen molar-refractivity contribution in [2.45, 2.75) is 62.8 Å². The first-order valence-electron chi connectivity index (χ1n) is 11.4. The van der Waals surface area contributed by atoms with Crippen LogP contribution in [0.15, 0.2) is 24.4 Å². The number of alkyl halides is 3. The first-order valence-corrected chi connectivity index (χ1v) is 12.3. The Morgan fingerprint density at radius 3 is 2.57 bits per heavy atom. The van der Waals surface area contributed by atoms with Crippen LogP contribution in [0.3, 0.4) is 0 Å². The molecule has 0 radical (unpaired) electrons. The lowest BCUT2D eigenvalue weighted by molar-refractivity contribution is -0.145. The van der Waals surface area contributed by atoms with E-state index in [1.165, 1.54) is 29.7 Å². The topological polar surface area (TPSA) is 112 Å². The molecule has 3 aliphatic carbocycles. The molecular formula is C23H22F3N5O3S. The second-order valence-electron chi connectivity index (χ2n) is 9.79. The highest BCUT2D eigenvalue weighted by molar-refractivity contribution is 7.14. The number of hydrogen-bond acceptors (Lipinski definition) is 6. The molecule has 184 valence electrons. The molecule has 6 rings (SSSR count). The van der Waals surface area contributed by atoms with Crippen LogP contribution >= 0.6 is 11.3 Å². The summed E-state index contributed by atoms with van der Waals surface area (Å²) in [5.41, 5.74) is 5.39. The smallest absolute Gasteiger partial charge is 0.450 e. The predicted octanol–water partition coefficient (Wildman–Crippen LogP) is 3.91. The second-order valence-corrected chi connectivity index (χ2v) is 10.8. The van der Waals surface area contributed by atoms with Gasteiger partial charge in [0.05, 0.1) is 5.52 Å². The van der Waals surface area contributed by atoms with E-state index >= 15 is 0 Å². The minimum atomic E-state index is -4.67. The predicted molar refractivity (Wildman–Crippen MR) is 119 cm³/mol. The summed E-state index contributed by atoms with van der Waals surface area (Å²) in [5.74, 6) is -1.55. The molecule has 12 heteroatoms. The summed E-state index contributed by atoms with van der Waals surface area (Å²) >= 11 is 1.31. The van der Waals surface area contributed by atoms with E-state index in [4.69, 9.17) is 10.5 Å². The average molecular weight is 506 g/mol. The second kappa shape index (κ2) is 7.67. The molecule has 3 saturated carbocycles. The highest BCUT2D eigenvalue weighted by atomic mass is 32.1. The highest BCUT2D eigenvalue weighted by Gasteiger charge is 2.54. The molecule has 0 unspecified atom stereocenters. The Bertz CT molecular complexity index is 1330. The number of rotatable bonds is 6. The number of nitrogens with two attached hydrogens (primary N) is 1. The number of imidazole rings is 1. The van der Waals surface area contributed by atoms with E-state index in [-0.39, 0.29) is 28.8 Å². The fourth-order valence-corrected chi connectivity index (χ4v) is 6.31. The SMILES string of the molecule is NC(=O)c1sc(C2CC2)nc1O[C@H]1CC2(C[C@H](NC(=O)c3nc(C(F)(F)F)n4ccccc34)C2)C1. The lowest BCUT2D eigenvalue weighted by Crippen LogP contribution is -2.58. The number of hydrogen-bond donors (Lipinski definition) is 2. The van der Waals surface area contributed by atoms with Crippen LogP contribution in [0.2, 0.25) is 0 Å². The molecule has 2 amide bonds. The first kappa shape index (κ1) is 22.3. The molecule has 0 aliphatic heterocycles. The number of amides is 2. The minimum absolute atomic E-state index is 0.0260. The molecule has 0 bridgehead atoms. The molecule has 1 spiro atoms. The van der Waals surface area contributed by atoms with E-state index in [2.05, 4.69) is 15.3 Å². The summed E-state index contributed by atoms with van der Waals surface area (Å²) in [6.45, 7) is 0. The van der Waals surface area contributed by atoms with Crippen molar-refractivity contribution in [1.29, 1.82) is 0 Å². The highest BCUT2D eigenvalue weighted by Crippen LogP contribution is 2.57. The zero-order valence-electron chi connectivity index (χ0n) is 18.5.